The Hall–Kier alpha value is -3.95. The predicted molar refractivity (Wildman–Crippen MR) is 146 cm³/mol. The lowest BCUT2D eigenvalue weighted by Crippen LogP contribution is -2.47. The number of rotatable bonds is 2. The second-order valence-electron chi connectivity index (χ2n) is 10.3. The molecule has 9 heteroatoms. The zero-order valence-electron chi connectivity index (χ0n) is 22.8. The molecule has 0 radical (unpaired) electrons. The van der Waals surface area contributed by atoms with Gasteiger partial charge in [0.1, 0.15) is 5.75 Å². The summed E-state index contributed by atoms with van der Waals surface area (Å²) in [5, 5.41) is 3.13. The number of hydrogen-bond acceptors (Lipinski definition) is 7. The van der Waals surface area contributed by atoms with E-state index in [1.165, 1.54) is 0 Å². The third-order valence-electron chi connectivity index (χ3n) is 6.91. The van der Waals surface area contributed by atoms with E-state index in [0.717, 1.165) is 22.5 Å². The molecule has 2 amide bonds. The van der Waals surface area contributed by atoms with Crippen molar-refractivity contribution in [1.82, 2.24) is 20.1 Å². The molecule has 0 spiro atoms. The third kappa shape index (κ3) is 6.38. The lowest BCUT2D eigenvalue weighted by molar-refractivity contribution is -0.123. The minimum atomic E-state index is -0.363. The zero-order chi connectivity index (χ0) is 27.5. The number of nitrogens with one attached hydrogen (secondary N) is 1. The third-order valence-corrected chi connectivity index (χ3v) is 6.91. The average molecular weight is 531 g/mol. The van der Waals surface area contributed by atoms with Crippen LogP contribution >= 0.6 is 0 Å². The number of likely N-dealkylation sites (tertiary alicyclic amines) is 1. The van der Waals surface area contributed by atoms with Gasteiger partial charge in [0, 0.05) is 36.6 Å². The zero-order valence-corrected chi connectivity index (χ0v) is 22.8. The molecule has 0 unspecified atom stereocenters. The minimum absolute atomic E-state index is 0.0967. The number of amides is 2. The summed E-state index contributed by atoms with van der Waals surface area (Å²) < 4.78 is 18.0. The summed E-state index contributed by atoms with van der Waals surface area (Å²) >= 11 is 0. The van der Waals surface area contributed by atoms with Crippen LogP contribution in [0.2, 0.25) is 0 Å². The van der Waals surface area contributed by atoms with Gasteiger partial charge >= 0.3 is 0 Å². The number of carbonyl (C=O) groups excluding carboxylic acids is 2. The summed E-state index contributed by atoms with van der Waals surface area (Å²) in [5.74, 6) is 1.67. The molecule has 0 aliphatic carbocycles. The lowest BCUT2D eigenvalue weighted by Gasteiger charge is -2.23. The van der Waals surface area contributed by atoms with Crippen LogP contribution in [0.3, 0.4) is 0 Å². The Labute approximate surface area is 228 Å². The van der Waals surface area contributed by atoms with Gasteiger partial charge in [-0.15, -0.1) is 0 Å². The molecule has 5 rings (SSSR count). The maximum atomic E-state index is 13.4. The van der Waals surface area contributed by atoms with Crippen LogP contribution in [0.15, 0.2) is 54.6 Å². The summed E-state index contributed by atoms with van der Waals surface area (Å²) in [5.41, 5.74) is 4.09. The summed E-state index contributed by atoms with van der Waals surface area (Å²) in [7, 11) is 3.50. The molecule has 1 fully saturated rings. The lowest BCUT2D eigenvalue weighted by atomic mass is 10.1. The van der Waals surface area contributed by atoms with Crippen LogP contribution in [0.5, 0.6) is 17.2 Å². The SMILES string of the molecule is COc1ccc2cc1Oc1cccc(c1)CO[C@H]1CN(C(=O)c3cc(C)nc(C)c3)C[C@@H]1NC(=O)CN(C)C2. The first-order valence-corrected chi connectivity index (χ1v) is 13.0. The number of ether oxygens (including phenoxy) is 3. The van der Waals surface area contributed by atoms with Crippen LogP contribution < -0.4 is 14.8 Å². The van der Waals surface area contributed by atoms with Gasteiger partial charge in [-0.2, -0.15) is 0 Å². The van der Waals surface area contributed by atoms with Crippen LogP contribution in [0, 0.1) is 13.8 Å². The van der Waals surface area contributed by atoms with Crippen molar-refractivity contribution in [3.05, 3.63) is 82.7 Å². The molecule has 1 aromatic heterocycles. The number of benzene rings is 2. The van der Waals surface area contributed by atoms with E-state index in [9.17, 15) is 9.59 Å². The van der Waals surface area contributed by atoms with E-state index < -0.39 is 0 Å². The first-order chi connectivity index (χ1) is 18.8. The van der Waals surface area contributed by atoms with Crippen molar-refractivity contribution in [2.24, 2.45) is 0 Å². The number of nitrogens with zero attached hydrogens (tertiary/aromatic N) is 3. The van der Waals surface area contributed by atoms with Crippen LogP contribution in [0.1, 0.15) is 32.9 Å². The molecule has 4 bridgehead atoms. The first kappa shape index (κ1) is 26.6. The van der Waals surface area contributed by atoms with Gasteiger partial charge in [0.15, 0.2) is 11.5 Å². The molecular weight excluding hydrogens is 496 g/mol. The predicted octanol–water partition coefficient (Wildman–Crippen LogP) is 3.47. The van der Waals surface area contributed by atoms with Gasteiger partial charge in [-0.3, -0.25) is 19.5 Å². The van der Waals surface area contributed by atoms with Crippen LogP contribution in [-0.2, 0) is 22.7 Å². The van der Waals surface area contributed by atoms with E-state index in [1.54, 1.807) is 24.1 Å². The van der Waals surface area contributed by atoms with Crippen molar-refractivity contribution in [2.45, 2.75) is 39.1 Å². The Morgan fingerprint density at radius 1 is 1.03 bits per heavy atom. The highest BCUT2D eigenvalue weighted by atomic mass is 16.5. The first-order valence-electron chi connectivity index (χ1n) is 13.0. The smallest absolute Gasteiger partial charge is 0.254 e. The van der Waals surface area contributed by atoms with Crippen molar-refractivity contribution < 1.29 is 23.8 Å². The number of carbonyl (C=O) groups is 2. The molecule has 3 heterocycles. The number of fused-ring (bicyclic) bond motifs is 5. The molecule has 2 aliphatic heterocycles. The molecule has 9 nitrogen and oxygen atoms in total. The molecule has 2 atom stereocenters. The van der Waals surface area contributed by atoms with Crippen LogP contribution in [0.4, 0.5) is 0 Å². The largest absolute Gasteiger partial charge is 0.493 e. The van der Waals surface area contributed by atoms with Crippen molar-refractivity contribution in [3.63, 3.8) is 0 Å². The molecule has 0 saturated carbocycles. The van der Waals surface area contributed by atoms with E-state index >= 15 is 0 Å². The molecule has 3 aromatic rings. The van der Waals surface area contributed by atoms with E-state index in [4.69, 9.17) is 14.2 Å². The van der Waals surface area contributed by atoms with Gasteiger partial charge in [0.2, 0.25) is 5.91 Å². The van der Waals surface area contributed by atoms with Crippen LogP contribution in [0.25, 0.3) is 0 Å². The monoisotopic (exact) mass is 530 g/mol. The number of pyridine rings is 1. The summed E-state index contributed by atoms with van der Waals surface area (Å²) in [6.45, 7) is 5.54. The maximum Gasteiger partial charge on any atom is 0.254 e. The Morgan fingerprint density at radius 3 is 2.59 bits per heavy atom. The second kappa shape index (κ2) is 11.4. The summed E-state index contributed by atoms with van der Waals surface area (Å²) in [4.78, 5) is 34.5. The number of methoxy groups -OCH3 is 1. The highest BCUT2D eigenvalue weighted by molar-refractivity contribution is 5.94. The van der Waals surface area contributed by atoms with E-state index in [1.807, 2.05) is 68.3 Å². The van der Waals surface area contributed by atoms with Gasteiger partial charge in [-0.1, -0.05) is 18.2 Å². The molecule has 39 heavy (non-hydrogen) atoms. The molecule has 1 saturated heterocycles. The second-order valence-corrected chi connectivity index (χ2v) is 10.3. The summed E-state index contributed by atoms with van der Waals surface area (Å²) in [6, 6.07) is 16.7. The maximum absolute atomic E-state index is 13.4. The Morgan fingerprint density at radius 2 is 1.82 bits per heavy atom. The summed E-state index contributed by atoms with van der Waals surface area (Å²) in [6.07, 6.45) is -0.363. The number of aromatic nitrogens is 1. The van der Waals surface area contributed by atoms with Gasteiger partial charge in [-0.25, -0.2) is 0 Å². The van der Waals surface area contributed by atoms with Crippen molar-refractivity contribution in [3.8, 4) is 17.2 Å². The van der Waals surface area contributed by atoms with Crippen molar-refractivity contribution in [1.29, 1.82) is 0 Å². The minimum Gasteiger partial charge on any atom is -0.493 e. The highest BCUT2D eigenvalue weighted by Crippen LogP contribution is 2.33. The Kier molecular flexibility index (Phi) is 7.81. The number of likely N-dealkylation sites (N-methyl/N-ethyl adjacent to an activating group) is 1. The van der Waals surface area contributed by atoms with Crippen molar-refractivity contribution >= 4 is 11.8 Å². The topological polar surface area (TPSA) is 93.2 Å². The van der Waals surface area contributed by atoms with Crippen LogP contribution in [-0.4, -0.2) is 72.5 Å². The molecule has 1 N–H and O–H groups in total. The standard InChI is InChI=1S/C30H34N4O5/c1-19-10-23(11-20(2)31-19)30(36)34-15-25-28(16-34)38-18-22-6-5-7-24(12-22)39-27-13-21(8-9-26(27)37-4)14-33(3)17-29(35)32-25/h5-13,25,28H,14-18H2,1-4H3,(H,32,35)/t25-,28-/m0/s1. The van der Waals surface area contributed by atoms with Gasteiger partial charge < -0.3 is 24.4 Å². The number of aryl methyl sites for hydroxylation is 2. The van der Waals surface area contributed by atoms with Gasteiger partial charge in [-0.05, 0) is 68.4 Å². The van der Waals surface area contributed by atoms with E-state index in [2.05, 4.69) is 10.3 Å². The number of hydrogen-bond donors (Lipinski definition) is 1. The average Bonchev–Trinajstić information content (AvgIpc) is 3.28. The molecular formula is C30H34N4O5. The van der Waals surface area contributed by atoms with Crippen molar-refractivity contribution in [2.75, 3.05) is 33.8 Å². The molecule has 2 aromatic carbocycles. The fourth-order valence-electron chi connectivity index (χ4n) is 5.18. The highest BCUT2D eigenvalue weighted by Gasteiger charge is 2.37. The quantitative estimate of drug-likeness (QED) is 0.542. The van der Waals surface area contributed by atoms with E-state index in [0.29, 0.717) is 49.1 Å². The fourth-order valence-corrected chi connectivity index (χ4v) is 5.18. The van der Waals surface area contributed by atoms with Gasteiger partial charge in [0.25, 0.3) is 5.91 Å². The van der Waals surface area contributed by atoms with E-state index in [-0.39, 0.29) is 30.5 Å². The normalized spacial score (nSPS) is 20.1. The fraction of sp³-hybridized carbons (Fsp3) is 0.367. The Balaban J connectivity index is 1.41. The van der Waals surface area contributed by atoms with Gasteiger partial charge in [0.05, 0.1) is 32.4 Å². The molecule has 204 valence electrons. The Bertz CT molecular complexity index is 1360. The molecule has 2 aliphatic rings.